The number of anilines is 1. The fraction of sp³-hybridized carbons (Fsp3) is 0.562. The lowest BCUT2D eigenvalue weighted by atomic mass is 10.1. The lowest BCUT2D eigenvalue weighted by Crippen LogP contribution is -2.30. The Hall–Kier alpha value is -1.51. The minimum atomic E-state index is -4.50. The van der Waals surface area contributed by atoms with E-state index in [2.05, 4.69) is 5.32 Å². The highest BCUT2D eigenvalue weighted by Gasteiger charge is 2.33. The van der Waals surface area contributed by atoms with Crippen molar-refractivity contribution in [1.82, 2.24) is 0 Å². The standard InChI is InChI=1S/C16H21F3N2O3.ClH/c1-2-7-23-13-5-3-10(16(17,18)19)8-12(13)21-15(22)14-6-4-11(9-20)24-14;/h3,5,8,11,14H,2,4,6-7,9,20H2,1H3,(H,21,22);1H/t11-,14+;/m1./s1. The van der Waals surface area contributed by atoms with Crippen LogP contribution in [0.4, 0.5) is 18.9 Å². The van der Waals surface area contributed by atoms with E-state index in [4.69, 9.17) is 15.2 Å². The molecular weight excluding hydrogens is 361 g/mol. The van der Waals surface area contributed by atoms with Crippen molar-refractivity contribution in [1.29, 1.82) is 0 Å². The number of hydrogen-bond acceptors (Lipinski definition) is 4. The number of ether oxygens (including phenoxy) is 2. The molecule has 2 rings (SSSR count). The summed E-state index contributed by atoms with van der Waals surface area (Å²) in [6.45, 7) is 2.52. The van der Waals surface area contributed by atoms with Gasteiger partial charge in [-0.2, -0.15) is 13.2 Å². The largest absolute Gasteiger partial charge is 0.491 e. The van der Waals surface area contributed by atoms with Crippen LogP contribution in [0.25, 0.3) is 0 Å². The Morgan fingerprint density at radius 1 is 1.40 bits per heavy atom. The number of amides is 1. The second-order valence-corrected chi connectivity index (χ2v) is 5.61. The van der Waals surface area contributed by atoms with Gasteiger partial charge in [0.2, 0.25) is 0 Å². The van der Waals surface area contributed by atoms with Crippen LogP contribution in [-0.2, 0) is 15.7 Å². The van der Waals surface area contributed by atoms with Crippen molar-refractivity contribution in [3.05, 3.63) is 23.8 Å². The molecule has 0 aliphatic carbocycles. The van der Waals surface area contributed by atoms with Gasteiger partial charge in [0.1, 0.15) is 11.9 Å². The predicted molar refractivity (Wildman–Crippen MR) is 90.1 cm³/mol. The first-order valence-corrected chi connectivity index (χ1v) is 7.85. The number of halogens is 4. The molecule has 0 radical (unpaired) electrons. The molecule has 2 atom stereocenters. The van der Waals surface area contributed by atoms with Crippen molar-refractivity contribution in [2.45, 2.75) is 44.6 Å². The zero-order valence-corrected chi connectivity index (χ0v) is 14.6. The van der Waals surface area contributed by atoms with Crippen LogP contribution < -0.4 is 15.8 Å². The smallest absolute Gasteiger partial charge is 0.416 e. The van der Waals surface area contributed by atoms with Crippen LogP contribution in [0.15, 0.2) is 18.2 Å². The predicted octanol–water partition coefficient (Wildman–Crippen LogP) is 3.36. The highest BCUT2D eigenvalue weighted by atomic mass is 35.5. The van der Waals surface area contributed by atoms with Gasteiger partial charge < -0.3 is 20.5 Å². The molecule has 1 aliphatic heterocycles. The summed E-state index contributed by atoms with van der Waals surface area (Å²) in [4.78, 5) is 12.2. The highest BCUT2D eigenvalue weighted by molar-refractivity contribution is 5.95. The Bertz CT molecular complexity index is 584. The molecule has 5 nitrogen and oxygen atoms in total. The molecule has 0 aromatic heterocycles. The maximum Gasteiger partial charge on any atom is 0.416 e. The maximum atomic E-state index is 12.9. The van der Waals surface area contributed by atoms with Crippen molar-refractivity contribution in [2.75, 3.05) is 18.5 Å². The van der Waals surface area contributed by atoms with E-state index in [0.29, 0.717) is 32.4 Å². The molecule has 1 aromatic carbocycles. The van der Waals surface area contributed by atoms with Gasteiger partial charge in [-0.25, -0.2) is 0 Å². The molecule has 1 aromatic rings. The minimum Gasteiger partial charge on any atom is -0.491 e. The summed E-state index contributed by atoms with van der Waals surface area (Å²) in [7, 11) is 0. The Balaban J connectivity index is 0.00000312. The lowest BCUT2D eigenvalue weighted by Gasteiger charge is -2.17. The summed E-state index contributed by atoms with van der Waals surface area (Å²) < 4.78 is 49.6. The Kier molecular flexibility index (Phi) is 7.98. The van der Waals surface area contributed by atoms with Gasteiger partial charge in [-0.05, 0) is 37.5 Å². The Morgan fingerprint density at radius 3 is 2.68 bits per heavy atom. The normalized spacial score (nSPS) is 20.0. The van der Waals surface area contributed by atoms with Gasteiger partial charge in [0.05, 0.1) is 24.0 Å². The molecular formula is C16H22ClF3N2O3. The molecule has 1 fully saturated rings. The number of rotatable bonds is 6. The van der Waals surface area contributed by atoms with Crippen molar-refractivity contribution in [3.8, 4) is 5.75 Å². The van der Waals surface area contributed by atoms with Gasteiger partial charge in [-0.1, -0.05) is 6.92 Å². The van der Waals surface area contributed by atoms with E-state index in [1.165, 1.54) is 6.07 Å². The quantitative estimate of drug-likeness (QED) is 0.791. The third kappa shape index (κ3) is 5.76. The van der Waals surface area contributed by atoms with Crippen molar-refractivity contribution in [3.63, 3.8) is 0 Å². The molecule has 0 bridgehead atoms. The average molecular weight is 383 g/mol. The van der Waals surface area contributed by atoms with Crippen molar-refractivity contribution >= 4 is 24.0 Å². The first-order chi connectivity index (χ1) is 11.3. The molecule has 9 heteroatoms. The zero-order chi connectivity index (χ0) is 17.7. The Morgan fingerprint density at radius 2 is 2.12 bits per heavy atom. The van der Waals surface area contributed by atoms with Crippen LogP contribution in [0.3, 0.4) is 0 Å². The van der Waals surface area contributed by atoms with Gasteiger partial charge in [0, 0.05) is 6.54 Å². The summed E-state index contributed by atoms with van der Waals surface area (Å²) in [6, 6.07) is 3.02. The van der Waals surface area contributed by atoms with E-state index < -0.39 is 23.8 Å². The second-order valence-electron chi connectivity index (χ2n) is 5.61. The number of nitrogens with one attached hydrogen (secondary N) is 1. The fourth-order valence-electron chi connectivity index (χ4n) is 2.43. The molecule has 1 heterocycles. The molecule has 25 heavy (non-hydrogen) atoms. The zero-order valence-electron chi connectivity index (χ0n) is 13.8. The van der Waals surface area contributed by atoms with Crippen molar-refractivity contribution in [2.24, 2.45) is 5.73 Å². The molecule has 1 aliphatic rings. The SMILES string of the molecule is CCCOc1ccc(C(F)(F)F)cc1NC(=O)[C@@H]1CC[C@H](CN)O1.Cl. The van der Waals surface area contributed by atoms with Crippen LogP contribution in [0.2, 0.25) is 0 Å². The summed E-state index contributed by atoms with van der Waals surface area (Å²) in [6.07, 6.45) is -3.59. The molecule has 3 N–H and O–H groups in total. The average Bonchev–Trinajstić information content (AvgIpc) is 3.02. The van der Waals surface area contributed by atoms with Crippen LogP contribution in [-0.4, -0.2) is 31.3 Å². The molecule has 0 saturated carbocycles. The van der Waals surface area contributed by atoms with Crippen LogP contribution in [0.1, 0.15) is 31.7 Å². The third-order valence-corrected chi connectivity index (χ3v) is 3.69. The van der Waals surface area contributed by atoms with E-state index in [9.17, 15) is 18.0 Å². The first-order valence-electron chi connectivity index (χ1n) is 7.85. The van der Waals surface area contributed by atoms with Crippen LogP contribution >= 0.6 is 12.4 Å². The van der Waals surface area contributed by atoms with E-state index in [1.807, 2.05) is 6.92 Å². The summed E-state index contributed by atoms with van der Waals surface area (Å²) in [5, 5.41) is 2.49. The number of alkyl halides is 3. The lowest BCUT2D eigenvalue weighted by molar-refractivity contribution is -0.137. The van der Waals surface area contributed by atoms with E-state index in [0.717, 1.165) is 12.1 Å². The molecule has 1 amide bonds. The summed E-state index contributed by atoms with van der Waals surface area (Å²) in [5.41, 5.74) is 4.63. The maximum absolute atomic E-state index is 12.9. The molecule has 0 unspecified atom stereocenters. The minimum absolute atomic E-state index is 0. The van der Waals surface area contributed by atoms with Gasteiger partial charge >= 0.3 is 6.18 Å². The van der Waals surface area contributed by atoms with Gasteiger partial charge in [0.15, 0.2) is 0 Å². The number of benzene rings is 1. The highest BCUT2D eigenvalue weighted by Crippen LogP contribution is 2.35. The van der Waals surface area contributed by atoms with Crippen molar-refractivity contribution < 1.29 is 27.4 Å². The number of nitrogens with two attached hydrogens (primary N) is 1. The second kappa shape index (κ2) is 9.26. The molecule has 1 saturated heterocycles. The topological polar surface area (TPSA) is 73.6 Å². The first kappa shape index (κ1) is 21.5. The number of hydrogen-bond donors (Lipinski definition) is 2. The number of carbonyl (C=O) groups is 1. The number of carbonyl (C=O) groups excluding carboxylic acids is 1. The summed E-state index contributed by atoms with van der Waals surface area (Å²) in [5.74, 6) is -0.293. The van der Waals surface area contributed by atoms with Crippen LogP contribution in [0, 0.1) is 0 Å². The summed E-state index contributed by atoms with van der Waals surface area (Å²) >= 11 is 0. The third-order valence-electron chi connectivity index (χ3n) is 3.69. The monoisotopic (exact) mass is 382 g/mol. The van der Waals surface area contributed by atoms with E-state index in [-0.39, 0.29) is 29.9 Å². The van der Waals surface area contributed by atoms with E-state index >= 15 is 0 Å². The van der Waals surface area contributed by atoms with Gasteiger partial charge in [0.25, 0.3) is 5.91 Å². The molecule has 0 spiro atoms. The fourth-order valence-corrected chi connectivity index (χ4v) is 2.43. The van der Waals surface area contributed by atoms with Crippen LogP contribution in [0.5, 0.6) is 5.75 Å². The Labute approximate surface area is 150 Å². The molecule has 142 valence electrons. The van der Waals surface area contributed by atoms with Gasteiger partial charge in [-0.15, -0.1) is 12.4 Å². The van der Waals surface area contributed by atoms with E-state index in [1.54, 1.807) is 0 Å². The van der Waals surface area contributed by atoms with Gasteiger partial charge in [-0.3, -0.25) is 4.79 Å².